The van der Waals surface area contributed by atoms with Crippen molar-refractivity contribution in [2.24, 2.45) is 5.92 Å². The highest BCUT2D eigenvalue weighted by molar-refractivity contribution is 6.00. The van der Waals surface area contributed by atoms with Gasteiger partial charge in [0.1, 0.15) is 5.60 Å². The minimum Gasteiger partial charge on any atom is -0.444 e. The number of nitrogens with zero attached hydrogens (tertiary/aromatic N) is 3. The number of nitrogens with one attached hydrogen (secondary N) is 1. The number of aromatic nitrogens is 2. The molecule has 1 aliphatic rings. The van der Waals surface area contributed by atoms with E-state index < -0.39 is 5.60 Å². The molecule has 0 aliphatic carbocycles. The van der Waals surface area contributed by atoms with Gasteiger partial charge in [0.25, 0.3) is 5.91 Å². The Balaban J connectivity index is 1.62. The van der Waals surface area contributed by atoms with E-state index in [-0.39, 0.29) is 12.0 Å². The topological polar surface area (TPSA) is 85.7 Å². The van der Waals surface area contributed by atoms with Crippen LogP contribution >= 0.6 is 0 Å². The molecule has 29 heavy (non-hydrogen) atoms. The van der Waals surface area contributed by atoms with Crippen LogP contribution in [0.25, 0.3) is 10.9 Å². The molecule has 2 heterocycles. The number of rotatable bonds is 6. The first kappa shape index (κ1) is 21.1. The third kappa shape index (κ3) is 5.06. The first-order valence-corrected chi connectivity index (χ1v) is 9.90. The predicted molar refractivity (Wildman–Crippen MR) is 110 cm³/mol. The zero-order chi connectivity index (χ0) is 21.2. The fourth-order valence-electron chi connectivity index (χ4n) is 3.41. The van der Waals surface area contributed by atoms with Crippen LogP contribution in [-0.2, 0) is 16.0 Å². The number of hydrogen-bond acceptors (Lipinski definition) is 5. The number of fused-ring (bicyclic) bond motifs is 1. The van der Waals surface area contributed by atoms with Gasteiger partial charge in [0.05, 0.1) is 12.1 Å². The molecule has 8 nitrogen and oxygen atoms in total. The van der Waals surface area contributed by atoms with Crippen LogP contribution in [0, 0.1) is 12.8 Å². The Labute approximate surface area is 171 Å². The summed E-state index contributed by atoms with van der Waals surface area (Å²) < 4.78 is 12.3. The van der Waals surface area contributed by atoms with E-state index in [1.807, 2.05) is 50.7 Å². The summed E-state index contributed by atoms with van der Waals surface area (Å²) in [6, 6.07) is 3.68. The van der Waals surface area contributed by atoms with Crippen molar-refractivity contribution in [1.82, 2.24) is 20.0 Å². The molecule has 0 saturated carbocycles. The molecule has 1 fully saturated rings. The molecule has 1 saturated heterocycles. The Morgan fingerprint density at radius 1 is 1.28 bits per heavy atom. The molecule has 0 radical (unpaired) electrons. The normalized spacial score (nSPS) is 14.7. The van der Waals surface area contributed by atoms with E-state index in [0.717, 1.165) is 23.0 Å². The van der Waals surface area contributed by atoms with E-state index in [0.29, 0.717) is 37.7 Å². The van der Waals surface area contributed by atoms with Crippen molar-refractivity contribution in [2.45, 2.75) is 39.8 Å². The molecule has 1 aliphatic heterocycles. The van der Waals surface area contributed by atoms with Crippen molar-refractivity contribution < 1.29 is 19.1 Å². The Hall–Kier alpha value is -2.61. The second-order valence-corrected chi connectivity index (χ2v) is 8.52. The summed E-state index contributed by atoms with van der Waals surface area (Å²) in [7, 11) is 1.60. The Morgan fingerprint density at radius 3 is 2.66 bits per heavy atom. The van der Waals surface area contributed by atoms with Crippen molar-refractivity contribution in [2.75, 3.05) is 33.4 Å². The Bertz CT molecular complexity index is 894. The lowest BCUT2D eigenvalue weighted by molar-refractivity contribution is -0.00381. The monoisotopic (exact) mass is 402 g/mol. The summed E-state index contributed by atoms with van der Waals surface area (Å²) in [6.07, 6.45) is 1.71. The fraction of sp³-hybridized carbons (Fsp3) is 0.571. The van der Waals surface area contributed by atoms with Gasteiger partial charge < -0.3 is 19.7 Å². The highest BCUT2D eigenvalue weighted by Gasteiger charge is 2.34. The van der Waals surface area contributed by atoms with E-state index >= 15 is 0 Å². The molecule has 2 amide bonds. The molecule has 8 heteroatoms. The SMILES string of the molecule is COCCNC(=O)c1ccc2nn(CC3CN(C(=O)OC(C)(C)C)C3)cc2c1C. The molecular formula is C21H30N4O4. The summed E-state index contributed by atoms with van der Waals surface area (Å²) in [4.78, 5) is 26.2. The summed E-state index contributed by atoms with van der Waals surface area (Å²) in [6.45, 7) is 10.5. The largest absolute Gasteiger partial charge is 0.444 e. The molecule has 1 N–H and O–H groups in total. The molecule has 1 aromatic carbocycles. The number of methoxy groups -OCH3 is 1. The van der Waals surface area contributed by atoms with Gasteiger partial charge in [-0.1, -0.05) is 0 Å². The summed E-state index contributed by atoms with van der Waals surface area (Å²) in [5.41, 5.74) is 1.94. The van der Waals surface area contributed by atoms with E-state index in [9.17, 15) is 9.59 Å². The van der Waals surface area contributed by atoms with Crippen LogP contribution in [0.5, 0.6) is 0 Å². The van der Waals surface area contributed by atoms with Gasteiger partial charge in [-0.2, -0.15) is 5.10 Å². The minimum absolute atomic E-state index is 0.110. The van der Waals surface area contributed by atoms with Gasteiger partial charge in [-0.3, -0.25) is 9.48 Å². The lowest BCUT2D eigenvalue weighted by Gasteiger charge is -2.39. The molecule has 0 atom stereocenters. The minimum atomic E-state index is -0.479. The van der Waals surface area contributed by atoms with Crippen molar-refractivity contribution in [3.8, 4) is 0 Å². The number of likely N-dealkylation sites (tertiary alicyclic amines) is 1. The first-order chi connectivity index (χ1) is 13.7. The van der Waals surface area contributed by atoms with E-state index in [2.05, 4.69) is 10.4 Å². The maximum absolute atomic E-state index is 12.4. The maximum Gasteiger partial charge on any atom is 0.410 e. The second-order valence-electron chi connectivity index (χ2n) is 8.52. The lowest BCUT2D eigenvalue weighted by Crippen LogP contribution is -2.52. The number of carbonyl (C=O) groups is 2. The Kier molecular flexibility index (Phi) is 6.12. The summed E-state index contributed by atoms with van der Waals surface area (Å²) in [5, 5.41) is 8.45. The van der Waals surface area contributed by atoms with Crippen molar-refractivity contribution in [3.63, 3.8) is 0 Å². The van der Waals surface area contributed by atoms with E-state index in [1.165, 1.54) is 0 Å². The molecule has 0 bridgehead atoms. The lowest BCUT2D eigenvalue weighted by atomic mass is 10.0. The van der Waals surface area contributed by atoms with E-state index in [1.54, 1.807) is 12.0 Å². The predicted octanol–water partition coefficient (Wildman–Crippen LogP) is 2.59. The van der Waals surface area contributed by atoms with Gasteiger partial charge in [-0.05, 0) is 45.4 Å². The second kappa shape index (κ2) is 8.41. The number of carbonyl (C=O) groups excluding carboxylic acids is 2. The fourth-order valence-corrected chi connectivity index (χ4v) is 3.41. The molecule has 2 aromatic rings. The van der Waals surface area contributed by atoms with Gasteiger partial charge in [0, 0.05) is 56.4 Å². The highest BCUT2D eigenvalue weighted by atomic mass is 16.6. The Morgan fingerprint density at radius 2 is 2.00 bits per heavy atom. The van der Waals surface area contributed by atoms with Crippen LogP contribution in [-0.4, -0.2) is 65.6 Å². The zero-order valence-electron chi connectivity index (χ0n) is 17.8. The van der Waals surface area contributed by atoms with Gasteiger partial charge in [0.15, 0.2) is 0 Å². The average Bonchev–Trinajstić information content (AvgIpc) is 3.00. The summed E-state index contributed by atoms with van der Waals surface area (Å²) >= 11 is 0. The van der Waals surface area contributed by atoms with Gasteiger partial charge in [0.2, 0.25) is 0 Å². The zero-order valence-corrected chi connectivity index (χ0v) is 17.8. The average molecular weight is 402 g/mol. The van der Waals surface area contributed by atoms with Crippen molar-refractivity contribution in [3.05, 3.63) is 29.5 Å². The molecule has 0 unspecified atom stereocenters. The summed E-state index contributed by atoms with van der Waals surface area (Å²) in [5.74, 6) is 0.232. The third-order valence-corrected chi connectivity index (χ3v) is 4.90. The number of hydrogen-bond donors (Lipinski definition) is 1. The van der Waals surface area contributed by atoms with Crippen molar-refractivity contribution in [1.29, 1.82) is 0 Å². The number of benzene rings is 1. The van der Waals surface area contributed by atoms with Gasteiger partial charge in [-0.15, -0.1) is 0 Å². The molecular weight excluding hydrogens is 372 g/mol. The van der Waals surface area contributed by atoms with Crippen molar-refractivity contribution >= 4 is 22.9 Å². The number of ether oxygens (including phenoxy) is 2. The molecule has 1 aromatic heterocycles. The van der Waals surface area contributed by atoms with Crippen LogP contribution in [0.3, 0.4) is 0 Å². The van der Waals surface area contributed by atoms with Crippen LogP contribution in [0.2, 0.25) is 0 Å². The standard InChI is InChI=1S/C21H30N4O4/c1-14-16(19(26)22-8-9-28-5)6-7-18-17(14)13-25(23-18)12-15-10-24(11-15)20(27)29-21(2,3)4/h6-7,13,15H,8-12H2,1-5H3,(H,22,26). The molecule has 158 valence electrons. The smallest absolute Gasteiger partial charge is 0.410 e. The number of aryl methyl sites for hydroxylation is 1. The highest BCUT2D eigenvalue weighted by Crippen LogP contribution is 2.24. The van der Waals surface area contributed by atoms with Crippen LogP contribution < -0.4 is 5.32 Å². The maximum atomic E-state index is 12.4. The number of amides is 2. The van der Waals surface area contributed by atoms with Gasteiger partial charge >= 0.3 is 6.09 Å². The van der Waals surface area contributed by atoms with Crippen LogP contribution in [0.4, 0.5) is 4.79 Å². The molecule has 0 spiro atoms. The van der Waals surface area contributed by atoms with Crippen LogP contribution in [0.1, 0.15) is 36.7 Å². The molecule has 3 rings (SSSR count). The van der Waals surface area contributed by atoms with Gasteiger partial charge in [-0.25, -0.2) is 4.79 Å². The quantitative estimate of drug-likeness (QED) is 0.751. The van der Waals surface area contributed by atoms with Crippen LogP contribution in [0.15, 0.2) is 18.3 Å². The third-order valence-electron chi connectivity index (χ3n) is 4.90. The van der Waals surface area contributed by atoms with E-state index in [4.69, 9.17) is 9.47 Å². The first-order valence-electron chi connectivity index (χ1n) is 9.90.